The van der Waals surface area contributed by atoms with Gasteiger partial charge in [0.15, 0.2) is 11.2 Å². The average molecular weight is 305 g/mol. The zero-order valence-electron chi connectivity index (χ0n) is 11.2. The summed E-state index contributed by atoms with van der Waals surface area (Å²) in [7, 11) is 0. The molecular formula is C16H10F3NO2. The number of halogens is 3. The number of benzene rings is 2. The lowest BCUT2D eigenvalue weighted by atomic mass is 10.2. The molecule has 0 unspecified atom stereocenters. The van der Waals surface area contributed by atoms with Crippen molar-refractivity contribution < 1.29 is 18.0 Å². The summed E-state index contributed by atoms with van der Waals surface area (Å²) in [5, 5.41) is 0.469. The number of para-hydroxylation sites is 1. The molecule has 3 nitrogen and oxygen atoms in total. The lowest BCUT2D eigenvalue weighted by molar-refractivity contribution is -0.137. The number of alkyl halides is 3. The van der Waals surface area contributed by atoms with Gasteiger partial charge in [-0.15, -0.1) is 0 Å². The number of pyridine rings is 1. The molecule has 0 saturated carbocycles. The third kappa shape index (κ3) is 2.67. The van der Waals surface area contributed by atoms with E-state index in [0.717, 1.165) is 12.1 Å². The predicted molar refractivity (Wildman–Crippen MR) is 75.7 cm³/mol. The first-order valence-corrected chi connectivity index (χ1v) is 6.41. The maximum atomic E-state index is 12.5. The van der Waals surface area contributed by atoms with E-state index in [2.05, 4.69) is 0 Å². The molecule has 112 valence electrons. The van der Waals surface area contributed by atoms with E-state index in [1.165, 1.54) is 29.1 Å². The van der Waals surface area contributed by atoms with Gasteiger partial charge in [0.05, 0.1) is 11.1 Å². The van der Waals surface area contributed by atoms with Crippen molar-refractivity contribution >= 4 is 10.9 Å². The first-order chi connectivity index (χ1) is 10.4. The van der Waals surface area contributed by atoms with Crippen molar-refractivity contribution in [2.75, 3.05) is 0 Å². The molecule has 6 heteroatoms. The highest BCUT2D eigenvalue weighted by molar-refractivity contribution is 5.78. The molecule has 3 rings (SSSR count). The SMILES string of the molecule is O=c1ccn(Oc2ccc(C(F)(F)F)cc2)c2ccccc12. The molecule has 0 spiro atoms. The molecule has 3 aromatic rings. The number of hydrogen-bond acceptors (Lipinski definition) is 2. The smallest absolute Gasteiger partial charge is 0.375 e. The van der Waals surface area contributed by atoms with Crippen LogP contribution >= 0.6 is 0 Å². The second kappa shape index (κ2) is 5.22. The molecule has 0 bridgehead atoms. The predicted octanol–water partition coefficient (Wildman–Crippen LogP) is 3.86. The van der Waals surface area contributed by atoms with Crippen LogP contribution in [0.4, 0.5) is 13.2 Å². The van der Waals surface area contributed by atoms with Crippen molar-refractivity contribution in [3.05, 3.63) is 76.6 Å². The van der Waals surface area contributed by atoms with Crippen molar-refractivity contribution in [3.63, 3.8) is 0 Å². The third-order valence-electron chi connectivity index (χ3n) is 3.15. The van der Waals surface area contributed by atoms with E-state index in [0.29, 0.717) is 10.9 Å². The van der Waals surface area contributed by atoms with Gasteiger partial charge < -0.3 is 4.84 Å². The van der Waals surface area contributed by atoms with Gasteiger partial charge in [0.1, 0.15) is 0 Å². The molecule has 0 aliphatic heterocycles. The van der Waals surface area contributed by atoms with Crippen molar-refractivity contribution in [2.45, 2.75) is 6.18 Å². The molecule has 1 aromatic heterocycles. The lowest BCUT2D eigenvalue weighted by Gasteiger charge is -2.12. The number of hydrogen-bond donors (Lipinski definition) is 0. The van der Waals surface area contributed by atoms with Crippen LogP contribution in [0.3, 0.4) is 0 Å². The fraction of sp³-hybridized carbons (Fsp3) is 0.0625. The number of fused-ring (bicyclic) bond motifs is 1. The molecule has 2 aromatic carbocycles. The Kier molecular flexibility index (Phi) is 3.36. The van der Waals surface area contributed by atoms with Crippen LogP contribution < -0.4 is 10.3 Å². The van der Waals surface area contributed by atoms with Crippen LogP contribution in [0.25, 0.3) is 10.9 Å². The Hall–Kier alpha value is -2.76. The lowest BCUT2D eigenvalue weighted by Crippen LogP contribution is -2.12. The Morgan fingerprint density at radius 1 is 0.909 bits per heavy atom. The second-order valence-corrected chi connectivity index (χ2v) is 4.64. The van der Waals surface area contributed by atoms with Gasteiger partial charge in [0.25, 0.3) is 0 Å². The van der Waals surface area contributed by atoms with Gasteiger partial charge in [-0.1, -0.05) is 12.1 Å². The van der Waals surface area contributed by atoms with Crippen LogP contribution in [0.5, 0.6) is 5.75 Å². The average Bonchev–Trinajstić information content (AvgIpc) is 2.50. The van der Waals surface area contributed by atoms with Gasteiger partial charge in [0.2, 0.25) is 0 Å². The highest BCUT2D eigenvalue weighted by atomic mass is 19.4. The molecule has 0 atom stereocenters. The summed E-state index contributed by atoms with van der Waals surface area (Å²) in [4.78, 5) is 17.3. The Morgan fingerprint density at radius 3 is 2.27 bits per heavy atom. The summed E-state index contributed by atoms with van der Waals surface area (Å²) < 4.78 is 38.9. The highest BCUT2D eigenvalue weighted by Gasteiger charge is 2.30. The largest absolute Gasteiger partial charge is 0.416 e. The molecule has 1 heterocycles. The van der Waals surface area contributed by atoms with Crippen molar-refractivity contribution in [1.82, 2.24) is 4.73 Å². The van der Waals surface area contributed by atoms with Crippen LogP contribution in [-0.4, -0.2) is 4.73 Å². The van der Waals surface area contributed by atoms with E-state index < -0.39 is 11.7 Å². The molecule has 0 amide bonds. The molecule has 0 N–H and O–H groups in total. The number of nitrogens with zero attached hydrogens (tertiary/aromatic N) is 1. The third-order valence-corrected chi connectivity index (χ3v) is 3.15. The van der Waals surface area contributed by atoms with E-state index >= 15 is 0 Å². The van der Waals surface area contributed by atoms with E-state index in [4.69, 9.17) is 4.84 Å². The van der Waals surface area contributed by atoms with Gasteiger partial charge in [0, 0.05) is 17.6 Å². The zero-order chi connectivity index (χ0) is 15.7. The molecule has 0 radical (unpaired) electrons. The minimum atomic E-state index is -4.39. The van der Waals surface area contributed by atoms with Crippen molar-refractivity contribution in [1.29, 1.82) is 0 Å². The summed E-state index contributed by atoms with van der Waals surface area (Å²) in [5.41, 5.74) is -0.359. The fourth-order valence-corrected chi connectivity index (χ4v) is 2.08. The molecule has 0 fully saturated rings. The standard InChI is InChI=1S/C16H10F3NO2/c17-16(18,19)11-5-7-12(8-6-11)22-20-10-9-15(21)13-3-1-2-4-14(13)20/h1-10H. The maximum Gasteiger partial charge on any atom is 0.416 e. The Labute approximate surface area is 123 Å². The summed E-state index contributed by atoms with van der Waals surface area (Å²) in [6.45, 7) is 0. The molecule has 0 saturated heterocycles. The monoisotopic (exact) mass is 305 g/mol. The van der Waals surface area contributed by atoms with E-state index in [1.807, 2.05) is 0 Å². The zero-order valence-corrected chi connectivity index (χ0v) is 11.2. The first kappa shape index (κ1) is 14.2. The maximum absolute atomic E-state index is 12.5. The van der Waals surface area contributed by atoms with Crippen molar-refractivity contribution in [3.8, 4) is 5.75 Å². The Morgan fingerprint density at radius 2 is 1.59 bits per heavy atom. The molecule has 0 aliphatic rings. The fourth-order valence-electron chi connectivity index (χ4n) is 2.08. The van der Waals surface area contributed by atoms with Crippen molar-refractivity contribution in [2.24, 2.45) is 0 Å². The van der Waals surface area contributed by atoms with E-state index in [-0.39, 0.29) is 11.2 Å². The Bertz CT molecular complexity index is 867. The van der Waals surface area contributed by atoms with Crippen LogP contribution in [0.2, 0.25) is 0 Å². The summed E-state index contributed by atoms with van der Waals surface area (Å²) >= 11 is 0. The summed E-state index contributed by atoms with van der Waals surface area (Å²) in [6, 6.07) is 12.5. The summed E-state index contributed by atoms with van der Waals surface area (Å²) in [6.07, 6.45) is -2.95. The Balaban J connectivity index is 1.97. The van der Waals surface area contributed by atoms with Crippen LogP contribution in [0, 0.1) is 0 Å². The van der Waals surface area contributed by atoms with E-state index in [1.54, 1.807) is 24.3 Å². The summed E-state index contributed by atoms with van der Waals surface area (Å²) in [5.74, 6) is 0.238. The molecular weight excluding hydrogens is 295 g/mol. The van der Waals surface area contributed by atoms with E-state index in [9.17, 15) is 18.0 Å². The quantitative estimate of drug-likeness (QED) is 0.720. The number of rotatable bonds is 2. The van der Waals surface area contributed by atoms with Gasteiger partial charge in [-0.3, -0.25) is 4.79 Å². The number of aromatic nitrogens is 1. The van der Waals surface area contributed by atoms with Crippen LogP contribution in [0.1, 0.15) is 5.56 Å². The molecule has 0 aliphatic carbocycles. The van der Waals surface area contributed by atoms with Gasteiger partial charge in [-0.25, -0.2) is 0 Å². The van der Waals surface area contributed by atoms with Crippen LogP contribution in [-0.2, 0) is 6.18 Å². The van der Waals surface area contributed by atoms with Crippen LogP contribution in [0.15, 0.2) is 65.6 Å². The van der Waals surface area contributed by atoms with Gasteiger partial charge >= 0.3 is 6.18 Å². The van der Waals surface area contributed by atoms with Gasteiger partial charge in [-0.2, -0.15) is 17.9 Å². The first-order valence-electron chi connectivity index (χ1n) is 6.41. The highest BCUT2D eigenvalue weighted by Crippen LogP contribution is 2.30. The normalized spacial score (nSPS) is 11.6. The molecule has 22 heavy (non-hydrogen) atoms. The topological polar surface area (TPSA) is 31.2 Å². The minimum Gasteiger partial charge on any atom is -0.375 e. The second-order valence-electron chi connectivity index (χ2n) is 4.64. The minimum absolute atomic E-state index is 0.150. The van der Waals surface area contributed by atoms with Gasteiger partial charge in [-0.05, 0) is 36.4 Å².